The van der Waals surface area contributed by atoms with Gasteiger partial charge in [0.15, 0.2) is 14.1 Å². The average molecular weight is 410 g/mol. The number of β-lactam (4-membered cyclic amide) rings is 1. The van der Waals surface area contributed by atoms with Crippen LogP contribution in [-0.2, 0) is 23.5 Å². The van der Waals surface area contributed by atoms with Crippen LogP contribution in [0.1, 0.15) is 53.4 Å². The van der Waals surface area contributed by atoms with Crippen molar-refractivity contribution >= 4 is 26.0 Å². The van der Waals surface area contributed by atoms with Gasteiger partial charge in [0, 0.05) is 6.42 Å². The molecule has 158 valence electrons. The highest BCUT2D eigenvalue weighted by atomic mass is 28.4. The molecule has 0 aromatic heterocycles. The van der Waals surface area contributed by atoms with E-state index in [0.717, 1.165) is 12.8 Å². The van der Waals surface area contributed by atoms with Gasteiger partial charge in [-0.1, -0.05) is 39.8 Å². The highest BCUT2D eigenvalue weighted by molar-refractivity contribution is 6.74. The van der Waals surface area contributed by atoms with Gasteiger partial charge in [-0.05, 0) is 37.9 Å². The summed E-state index contributed by atoms with van der Waals surface area (Å²) in [6, 6.07) is -0.579. The number of carbonyl (C=O) groups excluding carboxylic acids is 3. The number of carbonyl (C=O) groups is 3. The second-order valence-corrected chi connectivity index (χ2v) is 14.3. The van der Waals surface area contributed by atoms with Crippen molar-refractivity contribution in [3.63, 3.8) is 0 Å². The fourth-order valence-electron chi connectivity index (χ4n) is 4.01. The number of ether oxygens (including phenoxy) is 1. The van der Waals surface area contributed by atoms with Crippen molar-refractivity contribution in [2.75, 3.05) is 6.61 Å². The van der Waals surface area contributed by atoms with E-state index in [0.29, 0.717) is 12.8 Å². The molecular formula is C21H35NO5Si. The number of nitrogens with one attached hydrogen (secondary N) is 1. The summed E-state index contributed by atoms with van der Waals surface area (Å²) >= 11 is 0. The van der Waals surface area contributed by atoms with Crippen LogP contribution in [0.3, 0.4) is 0 Å². The van der Waals surface area contributed by atoms with Gasteiger partial charge in [0.05, 0.1) is 18.1 Å². The fourth-order valence-corrected chi connectivity index (χ4v) is 5.44. The zero-order valence-electron chi connectivity index (χ0n) is 18.1. The van der Waals surface area contributed by atoms with E-state index in [9.17, 15) is 14.4 Å². The molecule has 2 fully saturated rings. The number of ketones is 1. The number of Topliss-reactive ketones (excluding diaryl/α,β-unsaturated/α-hetero) is 1. The smallest absolute Gasteiger partial charge is 0.322 e. The highest BCUT2D eigenvalue weighted by Crippen LogP contribution is 2.46. The molecule has 1 aliphatic heterocycles. The zero-order valence-corrected chi connectivity index (χ0v) is 19.1. The summed E-state index contributed by atoms with van der Waals surface area (Å²) < 4.78 is 11.8. The summed E-state index contributed by atoms with van der Waals surface area (Å²) in [4.78, 5) is 38.4. The molecule has 1 aliphatic carbocycles. The third-order valence-electron chi connectivity index (χ3n) is 6.70. The molecule has 1 heterocycles. The van der Waals surface area contributed by atoms with E-state index in [-0.39, 0.29) is 29.4 Å². The lowest BCUT2D eigenvalue weighted by Gasteiger charge is -2.51. The summed E-state index contributed by atoms with van der Waals surface area (Å²) in [6.07, 6.45) is 3.36. The van der Waals surface area contributed by atoms with E-state index < -0.39 is 31.7 Å². The van der Waals surface area contributed by atoms with Crippen molar-refractivity contribution in [3.8, 4) is 0 Å². The van der Waals surface area contributed by atoms with Crippen molar-refractivity contribution in [2.24, 2.45) is 11.3 Å². The molecule has 28 heavy (non-hydrogen) atoms. The van der Waals surface area contributed by atoms with Gasteiger partial charge in [0.2, 0.25) is 5.91 Å². The summed E-state index contributed by atoms with van der Waals surface area (Å²) in [6.45, 7) is 16.2. The Morgan fingerprint density at radius 3 is 2.50 bits per heavy atom. The highest BCUT2D eigenvalue weighted by Gasteiger charge is 2.63. The number of rotatable bonds is 7. The standard InChI is InChI=1S/C21H35NO5Si/c1-8-13-26-19(25)21(12-10-9-11-15(21)23)17-16(18(24)22-17)14(2)27-28(6,7)20(3,4)5/h8,14,16-17H,1,9-13H2,2-7H3,(H,22,24)/t14-,16-,17+,21?/m1/s1. The minimum absolute atomic E-state index is 0.00177. The molecule has 1 saturated carbocycles. The maximum absolute atomic E-state index is 13.0. The first kappa shape index (κ1) is 22.8. The van der Waals surface area contributed by atoms with E-state index in [1.54, 1.807) is 0 Å². The van der Waals surface area contributed by atoms with Crippen LogP contribution in [0.5, 0.6) is 0 Å². The molecule has 2 rings (SSSR count). The summed E-state index contributed by atoms with van der Waals surface area (Å²) in [5.74, 6) is -1.38. The Bertz CT molecular complexity index is 654. The molecule has 1 N–H and O–H groups in total. The van der Waals surface area contributed by atoms with E-state index in [4.69, 9.17) is 9.16 Å². The molecule has 7 heteroatoms. The van der Waals surface area contributed by atoms with Gasteiger partial charge in [-0.3, -0.25) is 14.4 Å². The van der Waals surface area contributed by atoms with Gasteiger partial charge in [0.25, 0.3) is 0 Å². The first-order chi connectivity index (χ1) is 12.9. The number of esters is 1. The molecule has 0 aromatic rings. The van der Waals surface area contributed by atoms with Crippen LogP contribution in [-0.4, -0.2) is 44.7 Å². The molecule has 1 unspecified atom stereocenters. The Morgan fingerprint density at radius 1 is 1.36 bits per heavy atom. The zero-order chi connectivity index (χ0) is 21.3. The lowest BCUT2D eigenvalue weighted by molar-refractivity contribution is -0.172. The number of amides is 1. The third-order valence-corrected chi connectivity index (χ3v) is 11.3. The third kappa shape index (κ3) is 3.96. The quantitative estimate of drug-likeness (QED) is 0.229. The molecule has 1 amide bonds. The van der Waals surface area contributed by atoms with Gasteiger partial charge in [-0.25, -0.2) is 0 Å². The molecule has 0 bridgehead atoms. The normalized spacial score (nSPS) is 29.5. The van der Waals surface area contributed by atoms with E-state index >= 15 is 0 Å². The van der Waals surface area contributed by atoms with Crippen LogP contribution in [0.25, 0.3) is 0 Å². The van der Waals surface area contributed by atoms with Crippen LogP contribution < -0.4 is 5.32 Å². The van der Waals surface area contributed by atoms with Crippen molar-refractivity contribution in [1.29, 1.82) is 0 Å². The van der Waals surface area contributed by atoms with Gasteiger partial charge in [-0.15, -0.1) is 0 Å². The summed E-state index contributed by atoms with van der Waals surface area (Å²) in [5, 5.41) is 2.84. The molecule has 0 spiro atoms. The van der Waals surface area contributed by atoms with E-state index in [1.165, 1.54) is 6.08 Å². The molecule has 0 aromatic carbocycles. The second kappa shape index (κ2) is 8.11. The van der Waals surface area contributed by atoms with Crippen LogP contribution >= 0.6 is 0 Å². The maximum Gasteiger partial charge on any atom is 0.322 e. The fraction of sp³-hybridized carbons (Fsp3) is 0.762. The monoisotopic (exact) mass is 409 g/mol. The Hall–Kier alpha value is -1.47. The first-order valence-electron chi connectivity index (χ1n) is 10.2. The van der Waals surface area contributed by atoms with Gasteiger partial charge in [0.1, 0.15) is 12.0 Å². The SMILES string of the molecule is C=CCOC(=O)C1([C@H]2NC(=O)[C@@H]2[C@@H](C)O[Si](C)(C)C(C)(C)C)CCCCC1=O. The summed E-state index contributed by atoms with van der Waals surface area (Å²) in [7, 11) is -2.11. The topological polar surface area (TPSA) is 81.7 Å². The second-order valence-electron chi connectivity index (χ2n) is 9.58. The Labute approximate surface area is 169 Å². The number of hydrogen-bond donors (Lipinski definition) is 1. The van der Waals surface area contributed by atoms with E-state index in [2.05, 4.69) is 45.8 Å². The average Bonchev–Trinajstić information content (AvgIpc) is 2.56. The van der Waals surface area contributed by atoms with Gasteiger partial charge >= 0.3 is 5.97 Å². The lowest BCUT2D eigenvalue weighted by Crippen LogP contribution is -2.73. The van der Waals surface area contributed by atoms with Crippen molar-refractivity contribution in [1.82, 2.24) is 5.32 Å². The Morgan fingerprint density at radius 2 is 2.00 bits per heavy atom. The maximum atomic E-state index is 13.0. The molecule has 4 atom stereocenters. The predicted octanol–water partition coefficient (Wildman–Crippen LogP) is 3.37. The van der Waals surface area contributed by atoms with Crippen LogP contribution in [0, 0.1) is 11.3 Å². The van der Waals surface area contributed by atoms with Crippen LogP contribution in [0.2, 0.25) is 18.1 Å². The van der Waals surface area contributed by atoms with Gasteiger partial charge < -0.3 is 14.5 Å². The van der Waals surface area contributed by atoms with Crippen molar-refractivity contribution in [3.05, 3.63) is 12.7 Å². The predicted molar refractivity (Wildman–Crippen MR) is 110 cm³/mol. The van der Waals surface area contributed by atoms with E-state index in [1.807, 2.05) is 6.92 Å². The van der Waals surface area contributed by atoms with Gasteiger partial charge in [-0.2, -0.15) is 0 Å². The number of hydrogen-bond acceptors (Lipinski definition) is 5. The van der Waals surface area contributed by atoms with Crippen molar-refractivity contribution in [2.45, 2.75) is 83.7 Å². The Kier molecular flexibility index (Phi) is 6.60. The molecule has 6 nitrogen and oxygen atoms in total. The summed E-state index contributed by atoms with van der Waals surface area (Å²) in [5.41, 5.74) is -1.31. The Balaban J connectivity index is 2.31. The minimum atomic E-state index is -2.11. The molecule has 1 saturated heterocycles. The molecular weight excluding hydrogens is 374 g/mol. The minimum Gasteiger partial charge on any atom is -0.461 e. The van der Waals surface area contributed by atoms with Crippen LogP contribution in [0.15, 0.2) is 12.7 Å². The lowest BCUT2D eigenvalue weighted by atomic mass is 9.61. The van der Waals surface area contributed by atoms with Crippen molar-refractivity contribution < 1.29 is 23.5 Å². The molecule has 0 radical (unpaired) electrons. The largest absolute Gasteiger partial charge is 0.461 e. The molecule has 2 aliphatic rings. The first-order valence-corrected chi connectivity index (χ1v) is 13.1. The van der Waals surface area contributed by atoms with Crippen LogP contribution in [0.4, 0.5) is 0 Å².